The minimum atomic E-state index is -0.202. The molecule has 0 N–H and O–H groups in total. The summed E-state index contributed by atoms with van der Waals surface area (Å²) in [6.07, 6.45) is 1.48. The van der Waals surface area contributed by atoms with Crippen LogP contribution in [0.3, 0.4) is 0 Å². The second kappa shape index (κ2) is 7.13. The van der Waals surface area contributed by atoms with Crippen LogP contribution in [0.4, 0.5) is 0 Å². The number of amides is 3. The van der Waals surface area contributed by atoms with Crippen LogP contribution < -0.4 is 0 Å². The van der Waals surface area contributed by atoms with E-state index in [0.717, 1.165) is 32.6 Å². The molecular formula is C18H23N3O3. The molecule has 0 aliphatic carbocycles. The first-order chi connectivity index (χ1) is 11.6. The van der Waals surface area contributed by atoms with Gasteiger partial charge in [-0.2, -0.15) is 0 Å². The number of carbonyl (C=O) groups excluding carboxylic acids is 3. The Morgan fingerprint density at radius 1 is 0.958 bits per heavy atom. The van der Waals surface area contributed by atoms with Gasteiger partial charge in [-0.25, -0.2) is 0 Å². The van der Waals surface area contributed by atoms with Crippen LogP contribution in [-0.4, -0.2) is 71.7 Å². The molecule has 6 heteroatoms. The molecule has 2 heterocycles. The standard InChI is InChI=1S/C18H23N3O3/c1-2-5-16(22)20-11-8-19(9-12-20)10-13-21-17(23)14-6-3-4-7-15(14)18(21)24/h3-4,6-7H,2,5,8-13H2,1H3. The van der Waals surface area contributed by atoms with E-state index >= 15 is 0 Å². The summed E-state index contributed by atoms with van der Waals surface area (Å²) in [6.45, 7) is 6.09. The van der Waals surface area contributed by atoms with Crippen molar-refractivity contribution in [2.24, 2.45) is 0 Å². The number of nitrogens with zero attached hydrogens (tertiary/aromatic N) is 3. The van der Waals surface area contributed by atoms with E-state index in [1.165, 1.54) is 4.90 Å². The monoisotopic (exact) mass is 329 g/mol. The number of hydrogen-bond donors (Lipinski definition) is 0. The molecule has 6 nitrogen and oxygen atoms in total. The zero-order chi connectivity index (χ0) is 17.1. The number of benzene rings is 1. The van der Waals surface area contributed by atoms with Gasteiger partial charge in [0.2, 0.25) is 5.91 Å². The van der Waals surface area contributed by atoms with Crippen LogP contribution in [-0.2, 0) is 4.79 Å². The van der Waals surface area contributed by atoms with Gasteiger partial charge in [-0.15, -0.1) is 0 Å². The van der Waals surface area contributed by atoms with Crippen molar-refractivity contribution in [3.63, 3.8) is 0 Å². The average molecular weight is 329 g/mol. The fraction of sp³-hybridized carbons (Fsp3) is 0.500. The molecular weight excluding hydrogens is 306 g/mol. The zero-order valence-corrected chi connectivity index (χ0v) is 14.0. The van der Waals surface area contributed by atoms with E-state index in [9.17, 15) is 14.4 Å². The lowest BCUT2D eigenvalue weighted by Crippen LogP contribution is -2.50. The summed E-state index contributed by atoms with van der Waals surface area (Å²) in [5.74, 6) is -0.183. The molecule has 0 spiro atoms. The lowest BCUT2D eigenvalue weighted by molar-refractivity contribution is -0.132. The van der Waals surface area contributed by atoms with Crippen molar-refractivity contribution < 1.29 is 14.4 Å². The Kier molecular flexibility index (Phi) is 4.94. The first kappa shape index (κ1) is 16.6. The topological polar surface area (TPSA) is 60.9 Å². The highest BCUT2D eigenvalue weighted by Crippen LogP contribution is 2.22. The zero-order valence-electron chi connectivity index (χ0n) is 14.0. The molecule has 2 aliphatic heterocycles. The summed E-state index contributed by atoms with van der Waals surface area (Å²) in [7, 11) is 0. The summed E-state index contributed by atoms with van der Waals surface area (Å²) in [5, 5.41) is 0. The Hall–Kier alpha value is -2.21. The molecule has 128 valence electrons. The second-order valence-electron chi connectivity index (χ2n) is 6.28. The van der Waals surface area contributed by atoms with Gasteiger partial charge in [-0.1, -0.05) is 19.1 Å². The van der Waals surface area contributed by atoms with Gasteiger partial charge in [-0.3, -0.25) is 24.2 Å². The van der Waals surface area contributed by atoms with Crippen LogP contribution in [0.25, 0.3) is 0 Å². The molecule has 0 unspecified atom stereocenters. The van der Waals surface area contributed by atoms with E-state index in [1.807, 2.05) is 11.8 Å². The number of fused-ring (bicyclic) bond motifs is 1. The molecule has 1 fully saturated rings. The van der Waals surface area contributed by atoms with Crippen LogP contribution in [0.5, 0.6) is 0 Å². The number of carbonyl (C=O) groups is 3. The van der Waals surface area contributed by atoms with Gasteiger partial charge in [0.05, 0.1) is 11.1 Å². The van der Waals surface area contributed by atoms with Gasteiger partial charge in [0, 0.05) is 45.7 Å². The fourth-order valence-electron chi connectivity index (χ4n) is 3.28. The molecule has 1 saturated heterocycles. The lowest BCUT2D eigenvalue weighted by Gasteiger charge is -2.35. The van der Waals surface area contributed by atoms with Crippen molar-refractivity contribution in [3.05, 3.63) is 35.4 Å². The molecule has 0 saturated carbocycles. The maximum absolute atomic E-state index is 12.3. The smallest absolute Gasteiger partial charge is 0.261 e. The Labute approximate surface area is 142 Å². The minimum absolute atomic E-state index is 0.202. The molecule has 3 rings (SSSR count). The van der Waals surface area contributed by atoms with Crippen molar-refractivity contribution in [1.82, 2.24) is 14.7 Å². The van der Waals surface area contributed by atoms with E-state index in [-0.39, 0.29) is 17.7 Å². The third-order valence-electron chi connectivity index (χ3n) is 4.71. The third kappa shape index (κ3) is 3.19. The molecule has 2 aliphatic rings. The van der Waals surface area contributed by atoms with Gasteiger partial charge >= 0.3 is 0 Å². The molecule has 0 atom stereocenters. The fourth-order valence-corrected chi connectivity index (χ4v) is 3.28. The van der Waals surface area contributed by atoms with E-state index in [2.05, 4.69) is 4.90 Å². The first-order valence-corrected chi connectivity index (χ1v) is 8.57. The highest BCUT2D eigenvalue weighted by atomic mass is 16.2. The van der Waals surface area contributed by atoms with Crippen molar-refractivity contribution in [2.45, 2.75) is 19.8 Å². The largest absolute Gasteiger partial charge is 0.340 e. The number of rotatable bonds is 5. The summed E-state index contributed by atoms with van der Waals surface area (Å²) in [4.78, 5) is 42.0. The Morgan fingerprint density at radius 2 is 1.54 bits per heavy atom. The second-order valence-corrected chi connectivity index (χ2v) is 6.28. The highest BCUT2D eigenvalue weighted by molar-refractivity contribution is 6.21. The molecule has 0 aromatic heterocycles. The Balaban J connectivity index is 1.51. The van der Waals surface area contributed by atoms with Gasteiger partial charge in [0.1, 0.15) is 0 Å². The van der Waals surface area contributed by atoms with Crippen LogP contribution in [0.1, 0.15) is 40.5 Å². The number of hydrogen-bond acceptors (Lipinski definition) is 4. The maximum atomic E-state index is 12.3. The Bertz CT molecular complexity index is 616. The SMILES string of the molecule is CCCC(=O)N1CCN(CCN2C(=O)c3ccccc3C2=O)CC1. The van der Waals surface area contributed by atoms with E-state index in [1.54, 1.807) is 24.3 Å². The van der Waals surface area contributed by atoms with Crippen LogP contribution in [0.2, 0.25) is 0 Å². The average Bonchev–Trinajstić information content (AvgIpc) is 2.85. The highest BCUT2D eigenvalue weighted by Gasteiger charge is 2.35. The van der Waals surface area contributed by atoms with Crippen LogP contribution in [0.15, 0.2) is 24.3 Å². The van der Waals surface area contributed by atoms with Gasteiger partial charge in [0.25, 0.3) is 11.8 Å². The maximum Gasteiger partial charge on any atom is 0.261 e. The van der Waals surface area contributed by atoms with Crippen molar-refractivity contribution in [2.75, 3.05) is 39.3 Å². The lowest BCUT2D eigenvalue weighted by atomic mass is 10.1. The molecule has 1 aromatic rings. The van der Waals surface area contributed by atoms with E-state index in [0.29, 0.717) is 30.6 Å². The van der Waals surface area contributed by atoms with Crippen molar-refractivity contribution >= 4 is 17.7 Å². The molecule has 1 aromatic carbocycles. The van der Waals surface area contributed by atoms with Crippen LogP contribution >= 0.6 is 0 Å². The quantitative estimate of drug-likeness (QED) is 0.762. The molecule has 3 amide bonds. The van der Waals surface area contributed by atoms with Gasteiger partial charge in [0.15, 0.2) is 0 Å². The van der Waals surface area contributed by atoms with Crippen LogP contribution in [0, 0.1) is 0 Å². The predicted molar refractivity (Wildman–Crippen MR) is 89.7 cm³/mol. The number of imide groups is 1. The molecule has 0 bridgehead atoms. The van der Waals surface area contributed by atoms with Gasteiger partial charge < -0.3 is 4.90 Å². The number of piperazine rings is 1. The summed E-state index contributed by atoms with van der Waals surface area (Å²) in [6, 6.07) is 6.96. The predicted octanol–water partition coefficient (Wildman–Crippen LogP) is 1.23. The summed E-state index contributed by atoms with van der Waals surface area (Å²) < 4.78 is 0. The Morgan fingerprint density at radius 3 is 2.08 bits per heavy atom. The van der Waals surface area contributed by atoms with E-state index < -0.39 is 0 Å². The minimum Gasteiger partial charge on any atom is -0.340 e. The van der Waals surface area contributed by atoms with Crippen molar-refractivity contribution in [1.29, 1.82) is 0 Å². The summed E-state index contributed by atoms with van der Waals surface area (Å²) >= 11 is 0. The van der Waals surface area contributed by atoms with E-state index in [4.69, 9.17) is 0 Å². The summed E-state index contributed by atoms with van der Waals surface area (Å²) in [5.41, 5.74) is 0.995. The molecule has 0 radical (unpaired) electrons. The third-order valence-corrected chi connectivity index (χ3v) is 4.71. The first-order valence-electron chi connectivity index (χ1n) is 8.57. The van der Waals surface area contributed by atoms with Gasteiger partial charge in [-0.05, 0) is 18.6 Å². The molecule has 24 heavy (non-hydrogen) atoms. The normalized spacial score (nSPS) is 18.2. The van der Waals surface area contributed by atoms with Crippen molar-refractivity contribution in [3.8, 4) is 0 Å².